The molecule has 0 spiro atoms. The molecule has 2 atom stereocenters. The fourth-order valence-corrected chi connectivity index (χ4v) is 4.37. The van der Waals surface area contributed by atoms with Crippen LogP contribution >= 0.6 is 0 Å². The van der Waals surface area contributed by atoms with Crippen molar-refractivity contribution >= 4 is 11.6 Å². The molecule has 0 saturated carbocycles. The number of amides is 1. The quantitative estimate of drug-likeness (QED) is 0.764. The summed E-state index contributed by atoms with van der Waals surface area (Å²) in [7, 11) is 1.89. The van der Waals surface area contributed by atoms with Gasteiger partial charge in [-0.2, -0.15) is 0 Å². The number of ether oxygens (including phenoxy) is 1. The van der Waals surface area contributed by atoms with Gasteiger partial charge in [-0.15, -0.1) is 0 Å². The van der Waals surface area contributed by atoms with Crippen molar-refractivity contribution in [1.82, 2.24) is 4.90 Å². The number of carbonyl (C=O) groups is 1. The number of para-hydroxylation sites is 2. The minimum absolute atomic E-state index is 0.0200. The lowest BCUT2D eigenvalue weighted by molar-refractivity contribution is 0.0780. The van der Waals surface area contributed by atoms with E-state index in [1.165, 1.54) is 30.5 Å². The van der Waals surface area contributed by atoms with E-state index in [-0.39, 0.29) is 12.0 Å². The number of piperidine rings is 1. The zero-order valence-electron chi connectivity index (χ0n) is 17.1. The summed E-state index contributed by atoms with van der Waals surface area (Å²) >= 11 is 0. The van der Waals surface area contributed by atoms with Crippen LogP contribution in [0.5, 0.6) is 5.75 Å². The van der Waals surface area contributed by atoms with E-state index in [2.05, 4.69) is 49.1 Å². The van der Waals surface area contributed by atoms with Crippen LogP contribution in [0.4, 0.5) is 5.69 Å². The van der Waals surface area contributed by atoms with Crippen molar-refractivity contribution in [2.45, 2.75) is 51.7 Å². The summed E-state index contributed by atoms with van der Waals surface area (Å²) in [6, 6.07) is 14.4. The summed E-state index contributed by atoms with van der Waals surface area (Å²) in [6.07, 6.45) is 3.90. The third-order valence-electron chi connectivity index (χ3n) is 6.22. The van der Waals surface area contributed by atoms with E-state index < -0.39 is 0 Å². The molecule has 2 heterocycles. The van der Waals surface area contributed by atoms with Crippen LogP contribution in [-0.4, -0.2) is 37.0 Å². The van der Waals surface area contributed by atoms with Crippen LogP contribution in [0.2, 0.25) is 0 Å². The smallest absolute Gasteiger partial charge is 0.257 e. The van der Waals surface area contributed by atoms with Crippen molar-refractivity contribution in [3.8, 4) is 5.75 Å². The monoisotopic (exact) mass is 378 g/mol. The second-order valence-electron chi connectivity index (χ2n) is 8.17. The number of hydrogen-bond donors (Lipinski definition) is 0. The molecule has 0 aromatic heterocycles. The molecule has 0 aliphatic carbocycles. The van der Waals surface area contributed by atoms with Crippen molar-refractivity contribution in [3.05, 3.63) is 59.2 Å². The summed E-state index contributed by atoms with van der Waals surface area (Å²) in [5.74, 6) is 1.10. The van der Waals surface area contributed by atoms with Gasteiger partial charge in [-0.25, -0.2) is 0 Å². The van der Waals surface area contributed by atoms with Gasteiger partial charge in [0.2, 0.25) is 0 Å². The minimum Gasteiger partial charge on any atom is -0.489 e. The number of carbonyl (C=O) groups excluding carboxylic acids is 1. The molecule has 2 unspecified atom stereocenters. The Morgan fingerprint density at radius 3 is 2.61 bits per heavy atom. The normalized spacial score (nSPS) is 21.2. The topological polar surface area (TPSA) is 32.8 Å². The molecular formula is C24H30N2O2. The number of rotatable bonds is 4. The molecular weight excluding hydrogens is 348 g/mol. The lowest BCUT2D eigenvalue weighted by atomic mass is 9.96. The Bertz CT molecular complexity index is 857. The molecule has 0 radical (unpaired) electrons. The van der Waals surface area contributed by atoms with Gasteiger partial charge < -0.3 is 14.5 Å². The fraction of sp³-hybridized carbons (Fsp3) is 0.458. The van der Waals surface area contributed by atoms with Crippen LogP contribution in [0.25, 0.3) is 0 Å². The second kappa shape index (κ2) is 7.86. The highest BCUT2D eigenvalue weighted by molar-refractivity contribution is 5.97. The minimum atomic E-state index is 0.0200. The van der Waals surface area contributed by atoms with Gasteiger partial charge in [-0.05, 0) is 43.9 Å². The van der Waals surface area contributed by atoms with E-state index in [0.717, 1.165) is 24.4 Å². The second-order valence-corrected chi connectivity index (χ2v) is 8.17. The fourth-order valence-electron chi connectivity index (χ4n) is 4.37. The lowest BCUT2D eigenvalue weighted by Gasteiger charge is -2.31. The highest BCUT2D eigenvalue weighted by atomic mass is 16.5. The van der Waals surface area contributed by atoms with Gasteiger partial charge in [-0.1, -0.05) is 37.3 Å². The van der Waals surface area contributed by atoms with Gasteiger partial charge in [0.15, 0.2) is 0 Å². The summed E-state index contributed by atoms with van der Waals surface area (Å²) in [5.41, 5.74) is 4.28. The van der Waals surface area contributed by atoms with E-state index in [9.17, 15) is 4.79 Å². The van der Waals surface area contributed by atoms with Gasteiger partial charge >= 0.3 is 0 Å². The van der Waals surface area contributed by atoms with Crippen molar-refractivity contribution in [2.75, 3.05) is 25.0 Å². The summed E-state index contributed by atoms with van der Waals surface area (Å²) in [4.78, 5) is 17.5. The molecule has 0 bridgehead atoms. The maximum absolute atomic E-state index is 13.2. The molecule has 1 saturated heterocycles. The zero-order valence-corrected chi connectivity index (χ0v) is 17.1. The molecule has 2 aliphatic heterocycles. The first kappa shape index (κ1) is 18.9. The number of anilines is 1. The summed E-state index contributed by atoms with van der Waals surface area (Å²) in [5, 5.41) is 0. The Kier molecular flexibility index (Phi) is 5.29. The van der Waals surface area contributed by atoms with E-state index >= 15 is 0 Å². The van der Waals surface area contributed by atoms with Gasteiger partial charge in [0.1, 0.15) is 11.9 Å². The summed E-state index contributed by atoms with van der Waals surface area (Å²) < 4.78 is 6.03. The molecule has 2 aromatic rings. The van der Waals surface area contributed by atoms with Gasteiger partial charge in [-0.3, -0.25) is 4.79 Å². The maximum Gasteiger partial charge on any atom is 0.257 e. The third kappa shape index (κ3) is 3.48. The van der Waals surface area contributed by atoms with E-state index in [0.29, 0.717) is 18.0 Å². The molecule has 28 heavy (non-hydrogen) atoms. The molecule has 2 aromatic carbocycles. The Balaban J connectivity index is 1.56. The molecule has 1 amide bonds. The SMILES string of the molecule is CC1Oc2c(C(=O)N(C)Cc3ccccc3N3CCCCC3)cccc2C1C. The van der Waals surface area contributed by atoms with Gasteiger partial charge in [0.25, 0.3) is 5.91 Å². The molecule has 4 heteroatoms. The first-order valence-electron chi connectivity index (χ1n) is 10.4. The molecule has 4 nitrogen and oxygen atoms in total. The van der Waals surface area contributed by atoms with Crippen LogP contribution < -0.4 is 9.64 Å². The Hall–Kier alpha value is -2.49. The predicted molar refractivity (Wildman–Crippen MR) is 113 cm³/mol. The first-order chi connectivity index (χ1) is 13.6. The van der Waals surface area contributed by atoms with Crippen LogP contribution in [0, 0.1) is 0 Å². The average Bonchev–Trinajstić information content (AvgIpc) is 3.02. The molecule has 4 rings (SSSR count). The Morgan fingerprint density at radius 1 is 1.07 bits per heavy atom. The van der Waals surface area contributed by atoms with Gasteiger partial charge in [0, 0.05) is 43.9 Å². The largest absolute Gasteiger partial charge is 0.489 e. The highest BCUT2D eigenvalue weighted by Gasteiger charge is 2.32. The van der Waals surface area contributed by atoms with Crippen LogP contribution in [0.1, 0.15) is 60.5 Å². The average molecular weight is 379 g/mol. The van der Waals surface area contributed by atoms with E-state index in [4.69, 9.17) is 4.74 Å². The van der Waals surface area contributed by atoms with Crippen LogP contribution in [0.15, 0.2) is 42.5 Å². The van der Waals surface area contributed by atoms with Crippen LogP contribution in [0.3, 0.4) is 0 Å². The Labute approximate surface area is 168 Å². The first-order valence-corrected chi connectivity index (χ1v) is 10.4. The van der Waals surface area contributed by atoms with Crippen molar-refractivity contribution < 1.29 is 9.53 Å². The van der Waals surface area contributed by atoms with E-state index in [1.54, 1.807) is 0 Å². The third-order valence-corrected chi connectivity index (χ3v) is 6.22. The number of fused-ring (bicyclic) bond motifs is 1. The standard InChI is InChI=1S/C24H30N2O2/c1-17-18(2)28-23-20(17)11-9-12-21(23)24(27)25(3)16-19-10-5-6-13-22(19)26-14-7-4-8-15-26/h5-6,9-13,17-18H,4,7-8,14-16H2,1-3H3. The molecule has 0 N–H and O–H groups in total. The highest BCUT2D eigenvalue weighted by Crippen LogP contribution is 2.40. The zero-order chi connectivity index (χ0) is 19.7. The van der Waals surface area contributed by atoms with Crippen LogP contribution in [-0.2, 0) is 6.54 Å². The number of benzene rings is 2. The van der Waals surface area contributed by atoms with Crippen molar-refractivity contribution in [3.63, 3.8) is 0 Å². The van der Waals surface area contributed by atoms with E-state index in [1.807, 2.05) is 24.1 Å². The maximum atomic E-state index is 13.2. The Morgan fingerprint density at radius 2 is 1.82 bits per heavy atom. The number of hydrogen-bond acceptors (Lipinski definition) is 3. The molecule has 148 valence electrons. The molecule has 2 aliphatic rings. The predicted octanol–water partition coefficient (Wildman–Crippen LogP) is 4.83. The van der Waals surface area contributed by atoms with Gasteiger partial charge in [0.05, 0.1) is 5.56 Å². The van der Waals surface area contributed by atoms with Crippen molar-refractivity contribution in [2.24, 2.45) is 0 Å². The summed E-state index contributed by atoms with van der Waals surface area (Å²) in [6.45, 7) is 7.02. The van der Waals surface area contributed by atoms with Crippen molar-refractivity contribution in [1.29, 1.82) is 0 Å². The lowest BCUT2D eigenvalue weighted by Crippen LogP contribution is -2.32. The number of nitrogens with zero attached hydrogens (tertiary/aromatic N) is 2. The molecule has 1 fully saturated rings.